The Labute approximate surface area is 188 Å². The van der Waals surface area contributed by atoms with Crippen molar-refractivity contribution in [2.45, 2.75) is 43.9 Å². The highest BCUT2D eigenvalue weighted by Gasteiger charge is 2.28. The molecule has 2 rings (SSSR count). The standard InChI is InChI=1S/C18H26N8O5S/c1-9(15(27)26-14(18(30)31)3-11-5-21-8-23-11)24-17(29)13(2-10-4-20-7-22-10)25-16(28)12(19)6-32/h4-5,7-9,12-14,32H,2-3,6,19H2,1H3,(H,20,22)(H,21,23)(H,24,29)(H,25,28)(H,26,27)(H,30,31). The van der Waals surface area contributed by atoms with Gasteiger partial charge in [-0.15, -0.1) is 0 Å². The third-order valence-corrected chi connectivity index (χ3v) is 4.88. The van der Waals surface area contributed by atoms with Crippen molar-refractivity contribution in [3.8, 4) is 0 Å². The van der Waals surface area contributed by atoms with Crippen molar-refractivity contribution in [3.63, 3.8) is 0 Å². The fourth-order valence-corrected chi connectivity index (χ4v) is 2.85. The Kier molecular flexibility index (Phi) is 9.22. The number of carboxylic acid groups (broad SMARTS) is 1. The molecule has 0 aliphatic carbocycles. The van der Waals surface area contributed by atoms with Crippen LogP contribution in [-0.4, -0.2) is 78.7 Å². The van der Waals surface area contributed by atoms with Crippen molar-refractivity contribution < 1.29 is 24.3 Å². The Balaban J connectivity index is 2.01. The van der Waals surface area contributed by atoms with Crippen molar-refractivity contribution in [3.05, 3.63) is 36.4 Å². The lowest BCUT2D eigenvalue weighted by atomic mass is 10.1. The third kappa shape index (κ3) is 7.39. The molecule has 4 unspecified atom stereocenters. The summed E-state index contributed by atoms with van der Waals surface area (Å²) >= 11 is 3.97. The average molecular weight is 467 g/mol. The molecule has 0 aromatic carbocycles. The van der Waals surface area contributed by atoms with Gasteiger partial charge in [-0.3, -0.25) is 14.4 Å². The smallest absolute Gasteiger partial charge is 0.326 e. The molecule has 0 bridgehead atoms. The maximum Gasteiger partial charge on any atom is 0.326 e. The molecule has 32 heavy (non-hydrogen) atoms. The number of rotatable bonds is 12. The van der Waals surface area contributed by atoms with E-state index in [1.165, 1.54) is 32.0 Å². The van der Waals surface area contributed by atoms with Gasteiger partial charge in [-0.25, -0.2) is 14.8 Å². The maximum absolute atomic E-state index is 12.8. The molecule has 14 heteroatoms. The number of carbonyl (C=O) groups excluding carboxylic acids is 3. The van der Waals surface area contributed by atoms with Crippen molar-refractivity contribution in [1.29, 1.82) is 0 Å². The second-order valence-electron chi connectivity index (χ2n) is 7.04. The number of nitrogens with one attached hydrogen (secondary N) is 5. The lowest BCUT2D eigenvalue weighted by molar-refractivity contribution is -0.142. The first-order valence-electron chi connectivity index (χ1n) is 9.66. The molecule has 8 N–H and O–H groups in total. The summed E-state index contributed by atoms with van der Waals surface area (Å²) in [6.45, 7) is 1.40. The Morgan fingerprint density at radius 2 is 1.50 bits per heavy atom. The van der Waals surface area contributed by atoms with Crippen LogP contribution in [0.4, 0.5) is 0 Å². The number of aromatic amines is 2. The molecule has 13 nitrogen and oxygen atoms in total. The van der Waals surface area contributed by atoms with E-state index in [0.717, 1.165) is 0 Å². The van der Waals surface area contributed by atoms with E-state index in [2.05, 4.69) is 48.5 Å². The Hall–Kier alpha value is -3.39. The Morgan fingerprint density at radius 3 is 1.97 bits per heavy atom. The maximum atomic E-state index is 12.8. The summed E-state index contributed by atoms with van der Waals surface area (Å²) in [6.07, 6.45) is 5.82. The van der Waals surface area contributed by atoms with Crippen molar-refractivity contribution >= 4 is 36.3 Å². The number of carboxylic acids is 1. The molecular weight excluding hydrogens is 440 g/mol. The first kappa shape index (κ1) is 24.9. The van der Waals surface area contributed by atoms with E-state index in [1.54, 1.807) is 0 Å². The highest BCUT2D eigenvalue weighted by atomic mass is 32.1. The largest absolute Gasteiger partial charge is 0.480 e. The lowest BCUT2D eigenvalue weighted by Crippen LogP contribution is -2.57. The number of carbonyl (C=O) groups is 4. The number of hydrogen-bond acceptors (Lipinski definition) is 8. The number of H-pyrrole nitrogens is 2. The minimum absolute atomic E-state index is 0.0120. The minimum atomic E-state index is -1.24. The highest BCUT2D eigenvalue weighted by molar-refractivity contribution is 7.80. The lowest BCUT2D eigenvalue weighted by Gasteiger charge is -2.23. The van der Waals surface area contributed by atoms with Gasteiger partial charge in [-0.1, -0.05) is 0 Å². The number of amides is 3. The number of thiol groups is 1. The molecule has 2 aromatic rings. The zero-order valence-corrected chi connectivity index (χ0v) is 18.1. The van der Waals surface area contributed by atoms with Gasteiger partial charge in [0.05, 0.1) is 18.7 Å². The van der Waals surface area contributed by atoms with E-state index in [-0.39, 0.29) is 18.6 Å². The number of hydrogen-bond donors (Lipinski definition) is 8. The molecule has 174 valence electrons. The van der Waals surface area contributed by atoms with Gasteiger partial charge < -0.3 is 36.8 Å². The van der Waals surface area contributed by atoms with Crippen molar-refractivity contribution in [2.75, 3.05) is 5.75 Å². The monoisotopic (exact) mass is 466 g/mol. The van der Waals surface area contributed by atoms with Gasteiger partial charge in [-0.2, -0.15) is 12.6 Å². The summed E-state index contributed by atoms with van der Waals surface area (Å²) in [5, 5.41) is 16.8. The van der Waals surface area contributed by atoms with Crippen LogP contribution in [0.2, 0.25) is 0 Å². The summed E-state index contributed by atoms with van der Waals surface area (Å²) in [5.41, 5.74) is 6.76. The molecule has 0 fully saturated rings. The highest BCUT2D eigenvalue weighted by Crippen LogP contribution is 2.02. The van der Waals surface area contributed by atoms with Crippen LogP contribution in [0, 0.1) is 0 Å². The van der Waals surface area contributed by atoms with E-state index in [0.29, 0.717) is 11.4 Å². The average Bonchev–Trinajstić information content (AvgIpc) is 3.45. The van der Waals surface area contributed by atoms with E-state index in [9.17, 15) is 24.3 Å². The molecule has 0 aliphatic heterocycles. The Morgan fingerprint density at radius 1 is 0.969 bits per heavy atom. The number of aliphatic carboxylic acids is 1. The van der Waals surface area contributed by atoms with Crippen LogP contribution < -0.4 is 21.7 Å². The normalized spacial score (nSPS) is 14.6. The number of nitrogens with zero attached hydrogens (tertiary/aromatic N) is 2. The second-order valence-corrected chi connectivity index (χ2v) is 7.41. The molecule has 0 saturated heterocycles. The molecule has 2 aromatic heterocycles. The predicted octanol–water partition coefficient (Wildman–Crippen LogP) is -2.27. The molecule has 4 atom stereocenters. The van der Waals surface area contributed by atoms with Gasteiger partial charge in [0.15, 0.2) is 0 Å². The van der Waals surface area contributed by atoms with E-state index < -0.39 is 47.9 Å². The Bertz CT molecular complexity index is 905. The number of nitrogens with two attached hydrogens (primary N) is 1. The third-order valence-electron chi connectivity index (χ3n) is 4.49. The van der Waals surface area contributed by atoms with Crippen molar-refractivity contribution in [1.82, 2.24) is 35.9 Å². The summed E-state index contributed by atoms with van der Waals surface area (Å²) in [5.74, 6) is -3.10. The topological polar surface area (TPSA) is 208 Å². The predicted molar refractivity (Wildman–Crippen MR) is 116 cm³/mol. The molecular formula is C18H26N8O5S. The van der Waals surface area contributed by atoms with Crippen LogP contribution in [0.5, 0.6) is 0 Å². The fraction of sp³-hybridized carbons (Fsp3) is 0.444. The second kappa shape index (κ2) is 11.9. The quantitative estimate of drug-likeness (QED) is 0.160. The summed E-state index contributed by atoms with van der Waals surface area (Å²) in [4.78, 5) is 62.2. The number of imidazole rings is 2. The van der Waals surface area contributed by atoms with Gasteiger partial charge in [0.25, 0.3) is 0 Å². The van der Waals surface area contributed by atoms with Gasteiger partial charge in [0, 0.05) is 42.4 Å². The molecule has 0 aliphatic rings. The zero-order valence-electron chi connectivity index (χ0n) is 17.2. The van der Waals surface area contributed by atoms with E-state index >= 15 is 0 Å². The van der Waals surface area contributed by atoms with E-state index in [1.807, 2.05) is 0 Å². The minimum Gasteiger partial charge on any atom is -0.480 e. The van der Waals surface area contributed by atoms with Crippen LogP contribution in [0.1, 0.15) is 18.3 Å². The van der Waals surface area contributed by atoms with Crippen LogP contribution >= 0.6 is 12.6 Å². The van der Waals surface area contributed by atoms with Gasteiger partial charge >= 0.3 is 5.97 Å². The molecule has 0 spiro atoms. The van der Waals surface area contributed by atoms with Crippen LogP contribution in [-0.2, 0) is 32.0 Å². The SMILES string of the molecule is CC(NC(=O)C(Cc1cnc[nH]1)NC(=O)C(N)CS)C(=O)NC(Cc1cnc[nH]1)C(=O)O. The van der Waals surface area contributed by atoms with Crippen molar-refractivity contribution in [2.24, 2.45) is 5.73 Å². The van der Waals surface area contributed by atoms with Crippen LogP contribution in [0.15, 0.2) is 25.0 Å². The number of aromatic nitrogens is 4. The fourth-order valence-electron chi connectivity index (χ4n) is 2.68. The van der Waals surface area contributed by atoms with E-state index in [4.69, 9.17) is 5.73 Å². The van der Waals surface area contributed by atoms with Crippen LogP contribution in [0.3, 0.4) is 0 Å². The molecule has 0 radical (unpaired) electrons. The first-order chi connectivity index (χ1) is 15.2. The summed E-state index contributed by atoms with van der Waals surface area (Å²) in [7, 11) is 0. The molecule has 0 saturated carbocycles. The van der Waals surface area contributed by atoms with Gasteiger partial charge in [-0.05, 0) is 6.92 Å². The summed E-state index contributed by atoms with van der Waals surface area (Å²) < 4.78 is 0. The van der Waals surface area contributed by atoms with Gasteiger partial charge in [0.2, 0.25) is 17.7 Å². The molecule has 2 heterocycles. The van der Waals surface area contributed by atoms with Gasteiger partial charge in [0.1, 0.15) is 18.1 Å². The summed E-state index contributed by atoms with van der Waals surface area (Å²) in [6, 6.07) is -4.28. The first-order valence-corrected chi connectivity index (χ1v) is 10.3. The molecule has 3 amide bonds. The zero-order chi connectivity index (χ0) is 23.7. The van der Waals surface area contributed by atoms with Crippen LogP contribution in [0.25, 0.3) is 0 Å².